The monoisotopic (exact) mass is 243 g/mol. The van der Waals surface area contributed by atoms with Crippen molar-refractivity contribution in [3.05, 3.63) is 0 Å². The highest BCUT2D eigenvalue weighted by Gasteiger charge is 2.18. The van der Waals surface area contributed by atoms with Gasteiger partial charge in [-0.15, -0.1) is 0 Å². The van der Waals surface area contributed by atoms with E-state index in [1.165, 1.54) is 0 Å². The van der Waals surface area contributed by atoms with Crippen molar-refractivity contribution in [3.63, 3.8) is 0 Å². The molecule has 0 spiro atoms. The van der Waals surface area contributed by atoms with Gasteiger partial charge in [0.2, 0.25) is 5.91 Å². The van der Waals surface area contributed by atoms with E-state index in [4.69, 9.17) is 0 Å². The molecule has 0 saturated carbocycles. The van der Waals surface area contributed by atoms with Gasteiger partial charge in [-0.3, -0.25) is 9.59 Å². The number of nitrogens with zero attached hydrogens (tertiary/aromatic N) is 1. The fraction of sp³-hybridized carbons (Fsp3) is 0.700. The number of carbonyl (C=O) groups is 2. The lowest BCUT2D eigenvalue weighted by molar-refractivity contribution is -0.121. The first-order chi connectivity index (χ1) is 7.63. The Balaban J connectivity index is 2.32. The lowest BCUT2D eigenvalue weighted by Crippen LogP contribution is -2.38. The second-order valence-electron chi connectivity index (χ2n) is 3.86. The van der Waals surface area contributed by atoms with Crippen molar-refractivity contribution < 1.29 is 9.59 Å². The second kappa shape index (κ2) is 6.52. The summed E-state index contributed by atoms with van der Waals surface area (Å²) in [7, 11) is 0. The van der Waals surface area contributed by atoms with Crippen molar-refractivity contribution >= 4 is 29.3 Å². The zero-order valence-corrected chi connectivity index (χ0v) is 10.4. The predicted octanol–water partition coefficient (Wildman–Crippen LogP) is 0.368. The highest BCUT2D eigenvalue weighted by atomic mass is 32.2. The molecule has 0 saturated heterocycles. The normalized spacial score (nSPS) is 17.4. The molecule has 0 aromatic carbocycles. The standard InChI is InChI=1S/C10H17N3O2S/c1-7(6-16-2)5-11-10(15)8-3-4-9(14)13-12-8/h7H,3-6H2,1-2H3,(H,11,15)(H,13,14). The molecule has 1 aliphatic heterocycles. The Hall–Kier alpha value is -1.04. The predicted molar refractivity (Wildman–Crippen MR) is 65.4 cm³/mol. The quantitative estimate of drug-likeness (QED) is 0.733. The summed E-state index contributed by atoms with van der Waals surface area (Å²) in [4.78, 5) is 22.4. The number of hydrogen-bond donors (Lipinski definition) is 2. The van der Waals surface area contributed by atoms with Crippen LogP contribution in [0.25, 0.3) is 0 Å². The summed E-state index contributed by atoms with van der Waals surface area (Å²) in [5.74, 6) is 1.15. The van der Waals surface area contributed by atoms with Crippen molar-refractivity contribution in [3.8, 4) is 0 Å². The first kappa shape index (κ1) is 13.0. The van der Waals surface area contributed by atoms with Gasteiger partial charge in [0, 0.05) is 19.4 Å². The zero-order valence-electron chi connectivity index (χ0n) is 9.58. The second-order valence-corrected chi connectivity index (χ2v) is 4.77. The van der Waals surface area contributed by atoms with Crippen LogP contribution in [-0.2, 0) is 9.59 Å². The maximum absolute atomic E-state index is 11.6. The van der Waals surface area contributed by atoms with E-state index < -0.39 is 0 Å². The van der Waals surface area contributed by atoms with Gasteiger partial charge in [-0.05, 0) is 17.9 Å². The van der Waals surface area contributed by atoms with Crippen molar-refractivity contribution in [2.24, 2.45) is 11.0 Å². The van der Waals surface area contributed by atoms with Crippen LogP contribution in [0.2, 0.25) is 0 Å². The smallest absolute Gasteiger partial charge is 0.267 e. The molecule has 1 rings (SSSR count). The summed E-state index contributed by atoms with van der Waals surface area (Å²) in [5.41, 5.74) is 2.72. The van der Waals surface area contributed by atoms with Crippen LogP contribution in [0.15, 0.2) is 5.10 Å². The van der Waals surface area contributed by atoms with E-state index in [0.29, 0.717) is 31.0 Å². The highest BCUT2D eigenvalue weighted by molar-refractivity contribution is 7.98. The Morgan fingerprint density at radius 1 is 1.62 bits per heavy atom. The first-order valence-electron chi connectivity index (χ1n) is 5.26. The molecule has 0 fully saturated rings. The van der Waals surface area contributed by atoms with Crippen molar-refractivity contribution in [1.82, 2.24) is 10.7 Å². The van der Waals surface area contributed by atoms with Crippen LogP contribution in [0.1, 0.15) is 19.8 Å². The van der Waals surface area contributed by atoms with Crippen LogP contribution >= 0.6 is 11.8 Å². The average Bonchev–Trinajstić information content (AvgIpc) is 2.27. The summed E-state index contributed by atoms with van der Waals surface area (Å²) in [6, 6.07) is 0. The van der Waals surface area contributed by atoms with Gasteiger partial charge in [0.1, 0.15) is 5.71 Å². The molecule has 6 heteroatoms. The minimum Gasteiger partial charge on any atom is -0.351 e. The number of nitrogens with one attached hydrogen (secondary N) is 2. The number of carbonyl (C=O) groups excluding carboxylic acids is 2. The Labute approximate surface area is 99.4 Å². The van der Waals surface area contributed by atoms with Crippen LogP contribution in [0, 0.1) is 5.92 Å². The molecular weight excluding hydrogens is 226 g/mol. The van der Waals surface area contributed by atoms with Gasteiger partial charge >= 0.3 is 0 Å². The van der Waals surface area contributed by atoms with Gasteiger partial charge in [0.25, 0.3) is 5.91 Å². The molecule has 1 unspecified atom stereocenters. The van der Waals surface area contributed by atoms with E-state index in [0.717, 1.165) is 5.75 Å². The molecular formula is C10H17N3O2S. The van der Waals surface area contributed by atoms with E-state index in [1.807, 2.05) is 6.26 Å². The third kappa shape index (κ3) is 4.22. The van der Waals surface area contributed by atoms with Crippen molar-refractivity contribution in [1.29, 1.82) is 0 Å². The largest absolute Gasteiger partial charge is 0.351 e. The molecule has 1 heterocycles. The molecule has 2 N–H and O–H groups in total. The Bertz CT molecular complexity index is 304. The molecule has 1 atom stereocenters. The minimum absolute atomic E-state index is 0.132. The van der Waals surface area contributed by atoms with E-state index in [-0.39, 0.29) is 11.8 Å². The molecule has 90 valence electrons. The maximum Gasteiger partial charge on any atom is 0.267 e. The van der Waals surface area contributed by atoms with Gasteiger partial charge in [-0.1, -0.05) is 6.92 Å². The Kier molecular flexibility index (Phi) is 5.31. The van der Waals surface area contributed by atoms with E-state index in [9.17, 15) is 9.59 Å². The molecule has 5 nitrogen and oxygen atoms in total. The van der Waals surface area contributed by atoms with Gasteiger partial charge < -0.3 is 5.32 Å². The topological polar surface area (TPSA) is 70.6 Å². The maximum atomic E-state index is 11.6. The van der Waals surface area contributed by atoms with Crippen LogP contribution < -0.4 is 10.7 Å². The summed E-state index contributed by atoms with van der Waals surface area (Å²) in [6.45, 7) is 2.73. The van der Waals surface area contributed by atoms with E-state index in [1.54, 1.807) is 11.8 Å². The molecule has 1 aliphatic rings. The molecule has 0 bridgehead atoms. The number of amides is 2. The SMILES string of the molecule is CSCC(C)CNC(=O)C1=NNC(=O)CC1. The first-order valence-corrected chi connectivity index (χ1v) is 6.65. The van der Waals surface area contributed by atoms with Crippen LogP contribution in [0.3, 0.4) is 0 Å². The molecule has 0 aromatic heterocycles. The molecule has 2 amide bonds. The fourth-order valence-corrected chi connectivity index (χ4v) is 2.04. The van der Waals surface area contributed by atoms with Gasteiger partial charge in [0.15, 0.2) is 0 Å². The van der Waals surface area contributed by atoms with Gasteiger partial charge in [0.05, 0.1) is 0 Å². The fourth-order valence-electron chi connectivity index (χ4n) is 1.35. The number of rotatable bonds is 5. The number of hydrazone groups is 1. The van der Waals surface area contributed by atoms with Gasteiger partial charge in [-0.2, -0.15) is 16.9 Å². The third-order valence-electron chi connectivity index (χ3n) is 2.23. The average molecular weight is 243 g/mol. The molecule has 0 aromatic rings. The summed E-state index contributed by atoms with van der Waals surface area (Å²) in [5, 5.41) is 6.55. The van der Waals surface area contributed by atoms with Gasteiger partial charge in [-0.25, -0.2) is 5.43 Å². The molecule has 16 heavy (non-hydrogen) atoms. The van der Waals surface area contributed by atoms with Crippen LogP contribution in [0.5, 0.6) is 0 Å². The highest BCUT2D eigenvalue weighted by Crippen LogP contribution is 2.03. The summed E-state index contributed by atoms with van der Waals surface area (Å²) >= 11 is 1.76. The summed E-state index contributed by atoms with van der Waals surface area (Å²) < 4.78 is 0. The summed E-state index contributed by atoms with van der Waals surface area (Å²) in [6.07, 6.45) is 2.81. The third-order valence-corrected chi connectivity index (χ3v) is 3.13. The number of thioether (sulfide) groups is 1. The lowest BCUT2D eigenvalue weighted by atomic mass is 10.1. The number of hydrogen-bond acceptors (Lipinski definition) is 4. The van der Waals surface area contributed by atoms with E-state index >= 15 is 0 Å². The van der Waals surface area contributed by atoms with Crippen LogP contribution in [0.4, 0.5) is 0 Å². The van der Waals surface area contributed by atoms with Crippen molar-refractivity contribution in [2.45, 2.75) is 19.8 Å². The molecule has 0 radical (unpaired) electrons. The van der Waals surface area contributed by atoms with Crippen LogP contribution in [-0.4, -0.2) is 36.1 Å². The minimum atomic E-state index is -0.173. The Morgan fingerprint density at radius 2 is 2.38 bits per heavy atom. The van der Waals surface area contributed by atoms with E-state index in [2.05, 4.69) is 22.8 Å². The lowest BCUT2D eigenvalue weighted by Gasteiger charge is -2.14. The zero-order chi connectivity index (χ0) is 12.0. The molecule has 0 aliphatic carbocycles. The van der Waals surface area contributed by atoms with Crippen molar-refractivity contribution in [2.75, 3.05) is 18.6 Å². The Morgan fingerprint density at radius 3 is 2.94 bits per heavy atom.